The van der Waals surface area contributed by atoms with Crippen molar-refractivity contribution in [2.45, 2.75) is 40.3 Å². The van der Waals surface area contributed by atoms with Gasteiger partial charge in [0.2, 0.25) is 0 Å². The van der Waals surface area contributed by atoms with Gasteiger partial charge in [-0.05, 0) is 54.8 Å². The van der Waals surface area contributed by atoms with E-state index in [1.54, 1.807) is 6.07 Å². The van der Waals surface area contributed by atoms with E-state index in [4.69, 9.17) is 27.6 Å². The summed E-state index contributed by atoms with van der Waals surface area (Å²) in [5.41, 5.74) is -0.867. The predicted molar refractivity (Wildman–Crippen MR) is 154 cm³/mol. The molecule has 0 bridgehead atoms. The zero-order valence-electron chi connectivity index (χ0n) is 22.0. The number of hydrogen-bond acceptors (Lipinski definition) is 7. The summed E-state index contributed by atoms with van der Waals surface area (Å²) in [5, 5.41) is 16.4. The molecule has 0 unspecified atom stereocenters. The van der Waals surface area contributed by atoms with E-state index in [1.807, 2.05) is 39.8 Å². The second-order valence-corrected chi connectivity index (χ2v) is 11.6. The van der Waals surface area contributed by atoms with E-state index < -0.39 is 34.2 Å². The van der Waals surface area contributed by atoms with Crippen LogP contribution < -0.4 is 26.4 Å². The van der Waals surface area contributed by atoms with Crippen molar-refractivity contribution < 1.29 is 19.1 Å². The summed E-state index contributed by atoms with van der Waals surface area (Å²) in [5.74, 6) is -0.436. The number of carboxylic acid groups (broad SMARTS) is 1. The Balaban J connectivity index is 1.52. The lowest BCUT2D eigenvalue weighted by molar-refractivity contribution is 0.0697. The number of hydrogen-bond donors (Lipinski definition) is 3. The Morgan fingerprint density at radius 2 is 1.73 bits per heavy atom. The van der Waals surface area contributed by atoms with Crippen molar-refractivity contribution in [3.8, 4) is 0 Å². The smallest absolute Gasteiger partial charge is 0.337 e. The number of rotatable bonds is 7. The first-order valence-corrected chi connectivity index (χ1v) is 13.1. The molecule has 206 valence electrons. The van der Waals surface area contributed by atoms with Crippen LogP contribution >= 0.6 is 23.2 Å². The Morgan fingerprint density at radius 3 is 2.35 bits per heavy atom. The number of nitrogens with one attached hydrogen (secondary N) is 2. The van der Waals surface area contributed by atoms with Gasteiger partial charge < -0.3 is 25.1 Å². The molecule has 0 aliphatic carbocycles. The van der Waals surface area contributed by atoms with Crippen LogP contribution in [0, 0.1) is 12.3 Å². The van der Waals surface area contributed by atoms with Crippen LogP contribution in [0.25, 0.3) is 0 Å². The van der Waals surface area contributed by atoms with Crippen LogP contribution in [-0.2, 0) is 6.54 Å². The summed E-state index contributed by atoms with van der Waals surface area (Å²) in [6, 6.07) is 10.5. The third kappa shape index (κ3) is 4.65. The molecule has 0 saturated heterocycles. The van der Waals surface area contributed by atoms with E-state index >= 15 is 0 Å². The number of carboxylic acids is 1. The van der Waals surface area contributed by atoms with Crippen molar-refractivity contribution >= 4 is 57.8 Å². The highest BCUT2D eigenvalue weighted by atomic mass is 35.5. The predicted octanol–water partition coefficient (Wildman–Crippen LogP) is 6.29. The number of anilines is 4. The maximum Gasteiger partial charge on any atom is 0.337 e. The quantitative estimate of drug-likeness (QED) is 0.217. The molecular weight excluding hydrogens is 557 g/mol. The maximum absolute atomic E-state index is 13.7. The molecule has 1 aliphatic heterocycles. The minimum absolute atomic E-state index is 0.00674. The van der Waals surface area contributed by atoms with Crippen LogP contribution in [0.5, 0.6) is 0 Å². The highest BCUT2D eigenvalue weighted by Gasteiger charge is 2.37. The Kier molecular flexibility index (Phi) is 6.76. The molecule has 40 heavy (non-hydrogen) atoms. The molecule has 0 fully saturated rings. The fourth-order valence-corrected chi connectivity index (χ4v) is 5.23. The Labute approximate surface area is 239 Å². The Hall–Kier alpha value is -4.08. The number of aromatic carboxylic acids is 1. The van der Waals surface area contributed by atoms with E-state index in [2.05, 4.69) is 10.6 Å². The summed E-state index contributed by atoms with van der Waals surface area (Å²) in [6.07, 6.45) is 0. The van der Waals surface area contributed by atoms with Crippen LogP contribution in [0.3, 0.4) is 0 Å². The van der Waals surface area contributed by atoms with Crippen LogP contribution in [0.2, 0.25) is 10.0 Å². The standard InChI is InChI=1S/C29H25Cl2N3O6/c1-13-5-10-20(40-13)26(29(2,3)4)33-23-22(24(35)25(23)36)32-18-9-8-17(31)16-12-34(27(37)21(16)18)19-11-14(30)6-7-15(19)28(38)39/h5-11,26,32-33H,12H2,1-4H3,(H,38,39)/t26-/m0/s1. The zero-order valence-corrected chi connectivity index (χ0v) is 23.5. The number of fused-ring (bicyclic) bond motifs is 1. The van der Waals surface area contributed by atoms with Crippen molar-refractivity contribution in [2.75, 3.05) is 15.5 Å². The molecule has 1 atom stereocenters. The number of aryl methyl sites for hydroxylation is 1. The molecule has 1 amide bonds. The van der Waals surface area contributed by atoms with E-state index in [0.717, 1.165) is 0 Å². The molecule has 0 spiro atoms. The summed E-state index contributed by atoms with van der Waals surface area (Å²) >= 11 is 12.6. The average molecular weight is 582 g/mol. The summed E-state index contributed by atoms with van der Waals surface area (Å²) in [7, 11) is 0. The Morgan fingerprint density at radius 1 is 1.02 bits per heavy atom. The summed E-state index contributed by atoms with van der Waals surface area (Å²) in [6.45, 7) is 7.73. The van der Waals surface area contributed by atoms with Gasteiger partial charge in [-0.1, -0.05) is 44.0 Å². The second kappa shape index (κ2) is 9.83. The van der Waals surface area contributed by atoms with Crippen LogP contribution in [0.15, 0.2) is 56.5 Å². The molecule has 0 radical (unpaired) electrons. The second-order valence-electron chi connectivity index (χ2n) is 10.7. The molecule has 4 aromatic rings. The largest absolute Gasteiger partial charge is 0.478 e. The first-order chi connectivity index (χ1) is 18.8. The minimum Gasteiger partial charge on any atom is -0.478 e. The molecule has 3 N–H and O–H groups in total. The van der Waals surface area contributed by atoms with Gasteiger partial charge in [-0.15, -0.1) is 0 Å². The highest BCUT2D eigenvalue weighted by Crippen LogP contribution is 2.41. The maximum atomic E-state index is 13.7. The molecule has 9 nitrogen and oxygen atoms in total. The molecule has 0 saturated carbocycles. The average Bonchev–Trinajstić information content (AvgIpc) is 3.47. The number of carbonyl (C=O) groups is 2. The van der Waals surface area contributed by atoms with E-state index in [0.29, 0.717) is 22.1 Å². The number of benzene rings is 2. The SMILES string of the molecule is Cc1ccc([C@H](Nc2c(Nc3ccc(Cl)c4c3C(=O)N(c3cc(Cl)ccc3C(=O)O)C4)c(=O)c2=O)C(C)(C)C)o1. The van der Waals surface area contributed by atoms with Crippen molar-refractivity contribution in [2.24, 2.45) is 5.41 Å². The van der Waals surface area contributed by atoms with Gasteiger partial charge in [-0.3, -0.25) is 14.4 Å². The highest BCUT2D eigenvalue weighted by molar-refractivity contribution is 6.33. The molecule has 11 heteroatoms. The van der Waals surface area contributed by atoms with E-state index in [1.165, 1.54) is 29.2 Å². The third-order valence-electron chi connectivity index (χ3n) is 6.88. The molecule has 3 aromatic carbocycles. The number of halogens is 2. The normalized spacial score (nSPS) is 13.9. The molecular formula is C29H25Cl2N3O6. The van der Waals surface area contributed by atoms with Gasteiger partial charge in [0.25, 0.3) is 16.8 Å². The zero-order chi connectivity index (χ0) is 29.1. The van der Waals surface area contributed by atoms with E-state index in [9.17, 15) is 24.3 Å². The number of carbonyl (C=O) groups excluding carboxylic acids is 1. The van der Waals surface area contributed by atoms with Crippen LogP contribution in [0.1, 0.15) is 64.6 Å². The fourth-order valence-electron chi connectivity index (χ4n) is 4.84. The topological polar surface area (TPSA) is 129 Å². The monoisotopic (exact) mass is 581 g/mol. The van der Waals surface area contributed by atoms with Crippen molar-refractivity contribution in [1.82, 2.24) is 0 Å². The van der Waals surface area contributed by atoms with Gasteiger partial charge in [0.1, 0.15) is 22.9 Å². The lowest BCUT2D eigenvalue weighted by Gasteiger charge is -2.31. The van der Waals surface area contributed by atoms with Gasteiger partial charge in [0.05, 0.1) is 35.1 Å². The van der Waals surface area contributed by atoms with E-state index in [-0.39, 0.29) is 45.4 Å². The number of nitrogens with zero attached hydrogens (tertiary/aromatic N) is 1. The van der Waals surface area contributed by atoms with Gasteiger partial charge >= 0.3 is 5.97 Å². The first kappa shape index (κ1) is 27.5. The lowest BCUT2D eigenvalue weighted by Crippen LogP contribution is -2.39. The van der Waals surface area contributed by atoms with Crippen molar-refractivity contribution in [3.63, 3.8) is 0 Å². The minimum atomic E-state index is -1.22. The number of furan rings is 1. The molecule has 2 heterocycles. The molecule has 1 aliphatic rings. The molecule has 1 aromatic heterocycles. The van der Waals surface area contributed by atoms with Gasteiger partial charge in [0.15, 0.2) is 0 Å². The molecule has 5 rings (SSSR count). The first-order valence-electron chi connectivity index (χ1n) is 12.4. The lowest BCUT2D eigenvalue weighted by atomic mass is 9.85. The summed E-state index contributed by atoms with van der Waals surface area (Å²) < 4.78 is 5.82. The van der Waals surface area contributed by atoms with Crippen LogP contribution in [-0.4, -0.2) is 17.0 Å². The van der Waals surface area contributed by atoms with Gasteiger partial charge in [-0.2, -0.15) is 0 Å². The fraction of sp³-hybridized carbons (Fsp3) is 0.241. The van der Waals surface area contributed by atoms with Gasteiger partial charge in [0, 0.05) is 15.6 Å². The van der Waals surface area contributed by atoms with Gasteiger partial charge in [-0.25, -0.2) is 4.79 Å². The Bertz CT molecular complexity index is 1760. The summed E-state index contributed by atoms with van der Waals surface area (Å²) in [4.78, 5) is 52.2. The van der Waals surface area contributed by atoms with Crippen molar-refractivity contribution in [1.29, 1.82) is 0 Å². The number of amides is 1. The van der Waals surface area contributed by atoms with Crippen LogP contribution in [0.4, 0.5) is 22.7 Å². The van der Waals surface area contributed by atoms with Crippen molar-refractivity contribution in [3.05, 3.63) is 101 Å². The third-order valence-corrected chi connectivity index (χ3v) is 7.47.